The topological polar surface area (TPSA) is 53.1 Å². The minimum atomic E-state index is -0.202. The number of furan rings is 1. The molecule has 1 aliphatic heterocycles. The van der Waals surface area contributed by atoms with Gasteiger partial charge in [0.1, 0.15) is 5.82 Å². The van der Waals surface area contributed by atoms with Gasteiger partial charge in [-0.25, -0.2) is 4.39 Å². The average molecular weight is 359 g/mol. The predicted octanol–water partition coefficient (Wildman–Crippen LogP) is 4.15. The van der Waals surface area contributed by atoms with E-state index in [2.05, 4.69) is 10.2 Å². The van der Waals surface area contributed by atoms with Crippen LogP contribution in [0.2, 0.25) is 0 Å². The Morgan fingerprint density at radius 1 is 1.20 bits per heavy atom. The summed E-state index contributed by atoms with van der Waals surface area (Å²) in [5, 5.41) is 9.32. The minimum Gasteiger partial charge on any atom is -0.461 e. The van der Waals surface area contributed by atoms with Crippen molar-refractivity contribution >= 4 is 11.8 Å². The van der Waals surface area contributed by atoms with E-state index in [1.807, 2.05) is 22.8 Å². The molecule has 1 aromatic carbocycles. The van der Waals surface area contributed by atoms with E-state index in [1.54, 1.807) is 18.4 Å². The van der Waals surface area contributed by atoms with Crippen LogP contribution in [-0.2, 0) is 17.0 Å². The van der Waals surface area contributed by atoms with Gasteiger partial charge in [-0.3, -0.25) is 4.57 Å². The summed E-state index contributed by atoms with van der Waals surface area (Å²) >= 11 is 1.47. The van der Waals surface area contributed by atoms with Crippen molar-refractivity contribution in [2.45, 2.75) is 36.4 Å². The number of nitrogens with zero attached hydrogens (tertiary/aromatic N) is 3. The number of thioether (sulfide) groups is 1. The van der Waals surface area contributed by atoms with Crippen LogP contribution in [0.15, 0.2) is 52.2 Å². The van der Waals surface area contributed by atoms with Gasteiger partial charge in [0.05, 0.1) is 18.9 Å². The van der Waals surface area contributed by atoms with Gasteiger partial charge in [-0.15, -0.1) is 10.2 Å². The van der Waals surface area contributed by atoms with Crippen LogP contribution in [0.1, 0.15) is 18.4 Å². The maximum absolute atomic E-state index is 13.9. The van der Waals surface area contributed by atoms with Gasteiger partial charge in [0.25, 0.3) is 0 Å². The van der Waals surface area contributed by atoms with E-state index in [1.165, 1.54) is 17.8 Å². The lowest BCUT2D eigenvalue weighted by molar-refractivity contribution is 0.0952. The van der Waals surface area contributed by atoms with Gasteiger partial charge >= 0.3 is 0 Å². The Morgan fingerprint density at radius 3 is 2.88 bits per heavy atom. The number of aromatic nitrogens is 3. The first-order valence-corrected chi connectivity index (χ1v) is 9.24. The second-order valence-corrected chi connectivity index (χ2v) is 6.85. The summed E-state index contributed by atoms with van der Waals surface area (Å²) < 4.78 is 27.1. The average Bonchev–Trinajstić information content (AvgIpc) is 3.37. The Hall–Kier alpha value is -2.12. The number of benzene rings is 1. The molecule has 0 radical (unpaired) electrons. The summed E-state index contributed by atoms with van der Waals surface area (Å²) in [5.41, 5.74) is 0.652. The van der Waals surface area contributed by atoms with Crippen LogP contribution >= 0.6 is 11.8 Å². The molecule has 2 aromatic heterocycles. The van der Waals surface area contributed by atoms with Gasteiger partial charge in [0.2, 0.25) is 5.82 Å². The smallest absolute Gasteiger partial charge is 0.200 e. The second kappa shape index (κ2) is 7.41. The van der Waals surface area contributed by atoms with Crippen LogP contribution in [-0.4, -0.2) is 27.5 Å². The van der Waals surface area contributed by atoms with Crippen LogP contribution in [0, 0.1) is 5.82 Å². The van der Waals surface area contributed by atoms with Crippen molar-refractivity contribution in [2.75, 3.05) is 6.61 Å². The molecular weight excluding hydrogens is 341 g/mol. The molecule has 3 aromatic rings. The number of hydrogen-bond donors (Lipinski definition) is 0. The molecule has 0 amide bonds. The molecule has 4 rings (SSSR count). The standard InChI is InChI=1S/C18H18FN3O2S/c19-15-7-2-1-5-13(15)12-25-18-21-20-17(16-8-4-10-24-16)22(18)11-14-6-3-9-23-14/h1-2,4-5,7-8,10,14H,3,6,9,11-12H2. The van der Waals surface area contributed by atoms with E-state index in [0.29, 0.717) is 29.4 Å². The lowest BCUT2D eigenvalue weighted by Gasteiger charge is -2.14. The van der Waals surface area contributed by atoms with Crippen LogP contribution in [0.25, 0.3) is 11.6 Å². The maximum Gasteiger partial charge on any atom is 0.200 e. The fourth-order valence-electron chi connectivity index (χ4n) is 2.90. The molecule has 0 spiro atoms. The SMILES string of the molecule is Fc1ccccc1CSc1nnc(-c2ccco2)n1CC1CCCO1. The second-order valence-electron chi connectivity index (χ2n) is 5.91. The Bertz CT molecular complexity index is 829. The van der Waals surface area contributed by atoms with Gasteiger partial charge in [-0.1, -0.05) is 30.0 Å². The molecule has 7 heteroatoms. The van der Waals surface area contributed by atoms with Crippen LogP contribution in [0.3, 0.4) is 0 Å². The van der Waals surface area contributed by atoms with Crippen LogP contribution in [0.4, 0.5) is 4.39 Å². The van der Waals surface area contributed by atoms with Crippen molar-refractivity contribution in [1.29, 1.82) is 0 Å². The molecule has 0 bridgehead atoms. The van der Waals surface area contributed by atoms with Gasteiger partial charge < -0.3 is 9.15 Å². The lowest BCUT2D eigenvalue weighted by atomic mass is 10.2. The maximum atomic E-state index is 13.9. The third kappa shape index (κ3) is 3.62. The van der Waals surface area contributed by atoms with E-state index >= 15 is 0 Å². The first-order valence-electron chi connectivity index (χ1n) is 8.26. The van der Waals surface area contributed by atoms with Crippen molar-refractivity contribution < 1.29 is 13.5 Å². The van der Waals surface area contributed by atoms with Gasteiger partial charge in [-0.2, -0.15) is 0 Å². The fourth-order valence-corrected chi connectivity index (χ4v) is 3.83. The molecule has 1 unspecified atom stereocenters. The van der Waals surface area contributed by atoms with Crippen molar-refractivity contribution in [3.8, 4) is 11.6 Å². The van der Waals surface area contributed by atoms with Crippen LogP contribution < -0.4 is 0 Å². The van der Waals surface area contributed by atoms with Crippen molar-refractivity contribution in [3.05, 3.63) is 54.0 Å². The molecule has 0 saturated carbocycles. The van der Waals surface area contributed by atoms with E-state index in [-0.39, 0.29) is 11.9 Å². The summed E-state index contributed by atoms with van der Waals surface area (Å²) in [6.07, 6.45) is 3.86. The third-order valence-corrected chi connectivity index (χ3v) is 5.20. The fraction of sp³-hybridized carbons (Fsp3) is 0.333. The monoisotopic (exact) mass is 359 g/mol. The zero-order valence-electron chi connectivity index (χ0n) is 13.6. The molecule has 1 fully saturated rings. The van der Waals surface area contributed by atoms with Crippen molar-refractivity contribution in [3.63, 3.8) is 0 Å². The minimum absolute atomic E-state index is 0.150. The number of hydrogen-bond acceptors (Lipinski definition) is 5. The summed E-state index contributed by atoms with van der Waals surface area (Å²) in [6, 6.07) is 10.5. The summed E-state index contributed by atoms with van der Waals surface area (Å²) in [7, 11) is 0. The van der Waals surface area contributed by atoms with E-state index in [9.17, 15) is 4.39 Å². The molecule has 25 heavy (non-hydrogen) atoms. The van der Waals surface area contributed by atoms with E-state index in [4.69, 9.17) is 9.15 Å². The highest BCUT2D eigenvalue weighted by Crippen LogP contribution is 2.29. The van der Waals surface area contributed by atoms with Crippen molar-refractivity contribution in [2.24, 2.45) is 0 Å². The number of rotatable bonds is 6. The molecule has 130 valence electrons. The zero-order chi connectivity index (χ0) is 17.1. The molecule has 0 aliphatic carbocycles. The summed E-state index contributed by atoms with van der Waals surface area (Å²) in [6.45, 7) is 1.46. The van der Waals surface area contributed by atoms with Gasteiger partial charge in [-0.05, 0) is 36.6 Å². The van der Waals surface area contributed by atoms with Crippen molar-refractivity contribution in [1.82, 2.24) is 14.8 Å². The molecular formula is C18H18FN3O2S. The lowest BCUT2D eigenvalue weighted by Crippen LogP contribution is -2.16. The first kappa shape index (κ1) is 16.4. The van der Waals surface area contributed by atoms with Crippen LogP contribution in [0.5, 0.6) is 0 Å². The van der Waals surface area contributed by atoms with E-state index < -0.39 is 0 Å². The highest BCUT2D eigenvalue weighted by atomic mass is 32.2. The Labute approximate surface area is 149 Å². The van der Waals surface area contributed by atoms with E-state index in [0.717, 1.165) is 24.6 Å². The highest BCUT2D eigenvalue weighted by Gasteiger charge is 2.22. The Balaban J connectivity index is 1.59. The zero-order valence-corrected chi connectivity index (χ0v) is 14.4. The number of ether oxygens (including phenoxy) is 1. The molecule has 1 saturated heterocycles. The van der Waals surface area contributed by atoms with Gasteiger partial charge in [0.15, 0.2) is 10.9 Å². The summed E-state index contributed by atoms with van der Waals surface area (Å²) in [4.78, 5) is 0. The first-order chi connectivity index (χ1) is 12.3. The molecule has 5 nitrogen and oxygen atoms in total. The normalized spacial score (nSPS) is 17.2. The predicted molar refractivity (Wildman–Crippen MR) is 92.7 cm³/mol. The summed E-state index contributed by atoms with van der Waals surface area (Å²) in [5.74, 6) is 1.64. The Morgan fingerprint density at radius 2 is 2.12 bits per heavy atom. The molecule has 0 N–H and O–H groups in total. The van der Waals surface area contributed by atoms with Gasteiger partial charge in [0, 0.05) is 12.4 Å². The molecule has 3 heterocycles. The largest absolute Gasteiger partial charge is 0.461 e. The number of halogens is 1. The highest BCUT2D eigenvalue weighted by molar-refractivity contribution is 7.98. The molecule has 1 aliphatic rings. The molecule has 1 atom stereocenters. The third-order valence-electron chi connectivity index (χ3n) is 4.18. The quantitative estimate of drug-likeness (QED) is 0.619. The Kier molecular flexibility index (Phi) is 4.85.